The molecule has 0 bridgehead atoms. The summed E-state index contributed by atoms with van der Waals surface area (Å²) in [5.74, 6) is 1.08. The SMILES string of the molecule is CCn1c(Cc2cc(C)ccc2N)nc2ccccc21. The summed E-state index contributed by atoms with van der Waals surface area (Å²) in [6.45, 7) is 5.16. The molecule has 0 atom stereocenters. The molecule has 3 heteroatoms. The number of para-hydroxylation sites is 2. The Kier molecular flexibility index (Phi) is 3.18. The van der Waals surface area contributed by atoms with E-state index in [1.807, 2.05) is 18.2 Å². The highest BCUT2D eigenvalue weighted by Gasteiger charge is 2.11. The number of benzene rings is 2. The van der Waals surface area contributed by atoms with E-state index >= 15 is 0 Å². The zero-order valence-corrected chi connectivity index (χ0v) is 11.9. The number of hydrogen-bond acceptors (Lipinski definition) is 2. The predicted octanol–water partition coefficient (Wildman–Crippen LogP) is 3.54. The monoisotopic (exact) mass is 265 g/mol. The van der Waals surface area contributed by atoms with Crippen LogP contribution in [-0.2, 0) is 13.0 Å². The molecule has 102 valence electrons. The molecule has 0 aliphatic rings. The first-order valence-electron chi connectivity index (χ1n) is 6.98. The van der Waals surface area contributed by atoms with Crippen LogP contribution in [0.1, 0.15) is 23.9 Å². The number of nitrogen functional groups attached to an aromatic ring is 1. The third-order valence-corrected chi connectivity index (χ3v) is 3.70. The molecule has 0 fully saturated rings. The highest BCUT2D eigenvalue weighted by atomic mass is 15.1. The second-order valence-electron chi connectivity index (χ2n) is 5.14. The average molecular weight is 265 g/mol. The lowest BCUT2D eigenvalue weighted by Crippen LogP contribution is -2.04. The third-order valence-electron chi connectivity index (χ3n) is 3.70. The number of anilines is 1. The van der Waals surface area contributed by atoms with Crippen molar-refractivity contribution in [3.63, 3.8) is 0 Å². The molecule has 0 saturated heterocycles. The quantitative estimate of drug-likeness (QED) is 0.736. The maximum absolute atomic E-state index is 6.09. The zero-order valence-electron chi connectivity index (χ0n) is 11.9. The minimum atomic E-state index is 0.774. The van der Waals surface area contributed by atoms with Gasteiger partial charge in [-0.2, -0.15) is 0 Å². The van der Waals surface area contributed by atoms with Crippen molar-refractivity contribution < 1.29 is 0 Å². The molecule has 1 heterocycles. The Bertz CT molecular complexity index is 756. The van der Waals surface area contributed by atoms with Gasteiger partial charge < -0.3 is 10.3 Å². The lowest BCUT2D eigenvalue weighted by Gasteiger charge is -2.09. The predicted molar refractivity (Wildman–Crippen MR) is 83.8 cm³/mol. The molecular weight excluding hydrogens is 246 g/mol. The van der Waals surface area contributed by atoms with Gasteiger partial charge in [0.2, 0.25) is 0 Å². The van der Waals surface area contributed by atoms with E-state index in [4.69, 9.17) is 10.7 Å². The molecule has 0 aliphatic heterocycles. The Hall–Kier alpha value is -2.29. The fourth-order valence-electron chi connectivity index (χ4n) is 2.67. The summed E-state index contributed by atoms with van der Waals surface area (Å²) < 4.78 is 2.26. The van der Waals surface area contributed by atoms with Crippen LogP contribution in [0.3, 0.4) is 0 Å². The first kappa shape index (κ1) is 12.7. The van der Waals surface area contributed by atoms with E-state index in [9.17, 15) is 0 Å². The Labute approximate surface area is 119 Å². The second kappa shape index (κ2) is 5.00. The fourth-order valence-corrected chi connectivity index (χ4v) is 2.67. The highest BCUT2D eigenvalue weighted by molar-refractivity contribution is 5.76. The van der Waals surface area contributed by atoms with E-state index in [1.165, 1.54) is 11.1 Å². The highest BCUT2D eigenvalue weighted by Crippen LogP contribution is 2.21. The molecule has 20 heavy (non-hydrogen) atoms. The zero-order chi connectivity index (χ0) is 14.1. The fraction of sp³-hybridized carbons (Fsp3) is 0.235. The van der Waals surface area contributed by atoms with Gasteiger partial charge in [-0.1, -0.05) is 29.8 Å². The van der Waals surface area contributed by atoms with Crippen molar-refractivity contribution in [1.82, 2.24) is 9.55 Å². The molecule has 3 nitrogen and oxygen atoms in total. The number of rotatable bonds is 3. The van der Waals surface area contributed by atoms with Crippen LogP contribution < -0.4 is 5.73 Å². The van der Waals surface area contributed by atoms with E-state index in [2.05, 4.69) is 42.7 Å². The summed E-state index contributed by atoms with van der Waals surface area (Å²) in [6.07, 6.45) is 0.774. The molecule has 2 N–H and O–H groups in total. The number of nitrogens with two attached hydrogens (primary N) is 1. The van der Waals surface area contributed by atoms with Gasteiger partial charge in [0.05, 0.1) is 11.0 Å². The van der Waals surface area contributed by atoms with Crippen molar-refractivity contribution in [3.8, 4) is 0 Å². The standard InChI is InChI=1S/C17H19N3/c1-3-20-16-7-5-4-6-15(16)19-17(20)11-13-10-12(2)8-9-14(13)18/h4-10H,3,11,18H2,1-2H3. The number of aryl methyl sites for hydroxylation is 2. The average Bonchev–Trinajstić information content (AvgIpc) is 2.80. The number of nitrogens with zero attached hydrogens (tertiary/aromatic N) is 2. The van der Waals surface area contributed by atoms with Crippen LogP contribution in [0.15, 0.2) is 42.5 Å². The van der Waals surface area contributed by atoms with Gasteiger partial charge in [0.25, 0.3) is 0 Å². The van der Waals surface area contributed by atoms with Gasteiger partial charge in [0, 0.05) is 18.7 Å². The summed E-state index contributed by atoms with van der Waals surface area (Å²) in [5, 5.41) is 0. The Morgan fingerprint density at radius 3 is 2.75 bits per heavy atom. The number of hydrogen-bond donors (Lipinski definition) is 1. The molecule has 0 amide bonds. The summed E-state index contributed by atoms with van der Waals surface area (Å²) in [5.41, 5.74) is 11.5. The Balaban J connectivity index is 2.08. The minimum absolute atomic E-state index is 0.774. The number of fused-ring (bicyclic) bond motifs is 1. The molecule has 3 aromatic rings. The molecular formula is C17H19N3. The van der Waals surface area contributed by atoms with Crippen molar-refractivity contribution in [2.75, 3.05) is 5.73 Å². The van der Waals surface area contributed by atoms with Crippen LogP contribution in [-0.4, -0.2) is 9.55 Å². The van der Waals surface area contributed by atoms with Crippen LogP contribution in [0.5, 0.6) is 0 Å². The van der Waals surface area contributed by atoms with Crippen LogP contribution in [0.25, 0.3) is 11.0 Å². The van der Waals surface area contributed by atoms with Crippen molar-refractivity contribution in [3.05, 3.63) is 59.4 Å². The molecule has 0 aliphatic carbocycles. The molecule has 1 aromatic heterocycles. The van der Waals surface area contributed by atoms with Crippen LogP contribution in [0, 0.1) is 6.92 Å². The normalized spacial score (nSPS) is 11.1. The Morgan fingerprint density at radius 2 is 1.95 bits per heavy atom. The van der Waals surface area contributed by atoms with Gasteiger partial charge in [-0.15, -0.1) is 0 Å². The van der Waals surface area contributed by atoms with Gasteiger partial charge in [0.1, 0.15) is 5.82 Å². The smallest absolute Gasteiger partial charge is 0.114 e. The van der Waals surface area contributed by atoms with Crippen molar-refractivity contribution >= 4 is 16.7 Å². The summed E-state index contributed by atoms with van der Waals surface area (Å²) in [4.78, 5) is 4.76. The van der Waals surface area contributed by atoms with Crippen LogP contribution in [0.2, 0.25) is 0 Å². The van der Waals surface area contributed by atoms with E-state index < -0.39 is 0 Å². The second-order valence-corrected chi connectivity index (χ2v) is 5.14. The van der Waals surface area contributed by atoms with Crippen molar-refractivity contribution in [2.24, 2.45) is 0 Å². The maximum atomic E-state index is 6.09. The molecule has 0 radical (unpaired) electrons. The summed E-state index contributed by atoms with van der Waals surface area (Å²) in [7, 11) is 0. The van der Waals surface area contributed by atoms with Gasteiger partial charge in [-0.3, -0.25) is 0 Å². The molecule has 0 saturated carbocycles. The van der Waals surface area contributed by atoms with E-state index in [0.717, 1.165) is 35.6 Å². The minimum Gasteiger partial charge on any atom is -0.398 e. The van der Waals surface area contributed by atoms with E-state index in [1.54, 1.807) is 0 Å². The van der Waals surface area contributed by atoms with Gasteiger partial charge in [-0.25, -0.2) is 4.98 Å². The van der Waals surface area contributed by atoms with Crippen molar-refractivity contribution in [2.45, 2.75) is 26.8 Å². The summed E-state index contributed by atoms with van der Waals surface area (Å²) >= 11 is 0. The third kappa shape index (κ3) is 2.16. The largest absolute Gasteiger partial charge is 0.398 e. The first-order valence-corrected chi connectivity index (χ1v) is 6.98. The molecule has 0 spiro atoms. The van der Waals surface area contributed by atoms with Gasteiger partial charge >= 0.3 is 0 Å². The van der Waals surface area contributed by atoms with Crippen LogP contribution >= 0.6 is 0 Å². The molecule has 0 unspecified atom stereocenters. The van der Waals surface area contributed by atoms with Crippen molar-refractivity contribution in [1.29, 1.82) is 0 Å². The van der Waals surface area contributed by atoms with Crippen LogP contribution in [0.4, 0.5) is 5.69 Å². The lowest BCUT2D eigenvalue weighted by atomic mass is 10.1. The van der Waals surface area contributed by atoms with E-state index in [-0.39, 0.29) is 0 Å². The van der Waals surface area contributed by atoms with Gasteiger partial charge in [0.15, 0.2) is 0 Å². The lowest BCUT2D eigenvalue weighted by molar-refractivity contribution is 0.734. The van der Waals surface area contributed by atoms with Gasteiger partial charge in [-0.05, 0) is 37.6 Å². The topological polar surface area (TPSA) is 43.8 Å². The summed E-state index contributed by atoms with van der Waals surface area (Å²) in [6, 6.07) is 14.4. The number of imidazole rings is 1. The maximum Gasteiger partial charge on any atom is 0.114 e. The molecule has 2 aromatic carbocycles. The first-order chi connectivity index (χ1) is 9.69. The van der Waals surface area contributed by atoms with E-state index in [0.29, 0.717) is 0 Å². The Morgan fingerprint density at radius 1 is 1.15 bits per heavy atom. The molecule has 3 rings (SSSR count). The number of aromatic nitrogens is 2.